The van der Waals surface area contributed by atoms with E-state index < -0.39 is 11.8 Å². The maximum absolute atomic E-state index is 13.5. The van der Waals surface area contributed by atoms with Gasteiger partial charge in [-0.25, -0.2) is 8.78 Å². The van der Waals surface area contributed by atoms with E-state index >= 15 is 0 Å². The topological polar surface area (TPSA) is 56.1 Å². The quantitative estimate of drug-likeness (QED) is 0.890. The lowest BCUT2D eigenvalue weighted by atomic mass is 9.96. The van der Waals surface area contributed by atoms with Gasteiger partial charge in [0.2, 0.25) is 0 Å². The monoisotopic (exact) mass is 337 g/mol. The smallest absolute Gasteiger partial charge is 0.270 e. The second kappa shape index (κ2) is 6.22. The van der Waals surface area contributed by atoms with Crippen molar-refractivity contribution in [2.75, 3.05) is 19.7 Å². The van der Waals surface area contributed by atoms with E-state index in [0.717, 1.165) is 12.5 Å². The summed E-state index contributed by atoms with van der Waals surface area (Å²) in [6.07, 6.45) is -0.240. The number of aliphatic hydroxyl groups excluding tert-OH is 1. The summed E-state index contributed by atoms with van der Waals surface area (Å²) in [5.41, 5.74) is 1.24. The van der Waals surface area contributed by atoms with Crippen LogP contribution in [0, 0.1) is 5.92 Å². The summed E-state index contributed by atoms with van der Waals surface area (Å²) in [4.78, 5) is 14.1. The first-order chi connectivity index (χ1) is 11.3. The number of Topliss-reactive ketones (excluding diaryl/α,β-unsaturated/α-hetero) is 1. The predicted octanol–water partition coefficient (Wildman–Crippen LogP) is 1.81. The Hall–Kier alpha value is -1.86. The summed E-state index contributed by atoms with van der Waals surface area (Å²) in [5.74, 6) is -3.39. The minimum atomic E-state index is -2.88. The molecule has 2 aliphatic heterocycles. The zero-order valence-corrected chi connectivity index (χ0v) is 13.7. The van der Waals surface area contributed by atoms with Gasteiger partial charge in [-0.15, -0.1) is 0 Å². The van der Waals surface area contributed by atoms with Crippen molar-refractivity contribution in [2.24, 2.45) is 11.0 Å². The van der Waals surface area contributed by atoms with Gasteiger partial charge >= 0.3 is 0 Å². The molecule has 0 saturated carbocycles. The Balaban J connectivity index is 1.81. The number of fused-ring (bicyclic) bond motifs is 1. The zero-order valence-electron chi connectivity index (χ0n) is 13.7. The molecule has 0 spiro atoms. The SMILES string of the molecule is CC(=O)C1C(CO)=NN2CCN(Cc3cccc(C(C)(F)F)c3)C12. The zero-order chi connectivity index (χ0) is 17.5. The van der Waals surface area contributed by atoms with Crippen LogP contribution in [0.1, 0.15) is 25.0 Å². The van der Waals surface area contributed by atoms with Crippen LogP contribution in [0.25, 0.3) is 0 Å². The lowest BCUT2D eigenvalue weighted by molar-refractivity contribution is -0.121. The Morgan fingerprint density at radius 1 is 1.42 bits per heavy atom. The molecule has 24 heavy (non-hydrogen) atoms. The Morgan fingerprint density at radius 2 is 2.17 bits per heavy atom. The second-order valence-corrected chi connectivity index (χ2v) is 6.47. The van der Waals surface area contributed by atoms with E-state index in [9.17, 15) is 18.7 Å². The average molecular weight is 337 g/mol. The molecule has 1 aromatic rings. The third-order valence-electron chi connectivity index (χ3n) is 4.63. The molecule has 0 amide bonds. The van der Waals surface area contributed by atoms with Gasteiger partial charge in [0.25, 0.3) is 5.92 Å². The largest absolute Gasteiger partial charge is 0.390 e. The Kier molecular flexibility index (Phi) is 4.40. The molecule has 3 rings (SSSR count). The predicted molar refractivity (Wildman–Crippen MR) is 85.6 cm³/mol. The number of aliphatic hydroxyl groups is 1. The van der Waals surface area contributed by atoms with Crippen molar-refractivity contribution in [2.45, 2.75) is 32.5 Å². The summed E-state index contributed by atoms with van der Waals surface area (Å²) in [6, 6.07) is 6.36. The van der Waals surface area contributed by atoms with Crippen molar-refractivity contribution in [3.63, 3.8) is 0 Å². The molecule has 2 atom stereocenters. The highest BCUT2D eigenvalue weighted by atomic mass is 19.3. The van der Waals surface area contributed by atoms with Crippen molar-refractivity contribution in [1.82, 2.24) is 9.91 Å². The van der Waals surface area contributed by atoms with Crippen LogP contribution in [0.5, 0.6) is 0 Å². The van der Waals surface area contributed by atoms with Gasteiger partial charge in [0.1, 0.15) is 11.9 Å². The summed E-state index contributed by atoms with van der Waals surface area (Å²) in [6.45, 7) is 3.94. The third kappa shape index (κ3) is 3.06. The first-order valence-corrected chi connectivity index (χ1v) is 7.98. The molecule has 1 fully saturated rings. The van der Waals surface area contributed by atoms with E-state index in [2.05, 4.69) is 10.0 Å². The van der Waals surface area contributed by atoms with Crippen molar-refractivity contribution >= 4 is 11.5 Å². The number of hydrogen-bond acceptors (Lipinski definition) is 5. The van der Waals surface area contributed by atoms with Gasteiger partial charge < -0.3 is 5.11 Å². The van der Waals surface area contributed by atoms with E-state index in [1.165, 1.54) is 19.1 Å². The van der Waals surface area contributed by atoms with Gasteiger partial charge in [-0.2, -0.15) is 5.10 Å². The molecule has 1 aromatic carbocycles. The molecule has 5 nitrogen and oxygen atoms in total. The Labute approximate surface area is 139 Å². The second-order valence-electron chi connectivity index (χ2n) is 6.47. The van der Waals surface area contributed by atoms with Crippen LogP contribution < -0.4 is 0 Å². The van der Waals surface area contributed by atoms with Gasteiger partial charge in [0.05, 0.1) is 24.8 Å². The van der Waals surface area contributed by atoms with Crippen LogP contribution in [0.3, 0.4) is 0 Å². The maximum atomic E-state index is 13.5. The number of alkyl halides is 2. The van der Waals surface area contributed by atoms with E-state index in [0.29, 0.717) is 25.3 Å². The number of benzene rings is 1. The number of carbonyl (C=O) groups is 1. The minimum absolute atomic E-state index is 0.0158. The highest BCUT2D eigenvalue weighted by Crippen LogP contribution is 2.32. The summed E-state index contributed by atoms with van der Waals surface area (Å²) < 4.78 is 27.0. The lowest BCUT2D eigenvalue weighted by Gasteiger charge is -2.28. The van der Waals surface area contributed by atoms with E-state index in [1.807, 2.05) is 11.1 Å². The van der Waals surface area contributed by atoms with Crippen molar-refractivity contribution in [3.05, 3.63) is 35.4 Å². The molecule has 7 heteroatoms. The fraction of sp³-hybridized carbons (Fsp3) is 0.529. The van der Waals surface area contributed by atoms with Gasteiger partial charge in [-0.05, 0) is 18.6 Å². The van der Waals surface area contributed by atoms with Crippen molar-refractivity contribution < 1.29 is 18.7 Å². The normalized spacial score (nSPS) is 24.2. The third-order valence-corrected chi connectivity index (χ3v) is 4.63. The first-order valence-electron chi connectivity index (χ1n) is 7.98. The van der Waals surface area contributed by atoms with Crippen LogP contribution in [0.4, 0.5) is 8.78 Å². The fourth-order valence-electron chi connectivity index (χ4n) is 3.50. The number of halogens is 2. The summed E-state index contributed by atoms with van der Waals surface area (Å²) >= 11 is 0. The maximum Gasteiger partial charge on any atom is 0.270 e. The molecule has 1 saturated heterocycles. The van der Waals surface area contributed by atoms with E-state index in [4.69, 9.17) is 0 Å². The van der Waals surface area contributed by atoms with Crippen LogP contribution in [-0.4, -0.2) is 52.4 Å². The number of hydrazone groups is 1. The average Bonchev–Trinajstić information content (AvgIpc) is 3.06. The minimum Gasteiger partial charge on any atom is -0.390 e. The molecule has 2 heterocycles. The van der Waals surface area contributed by atoms with Gasteiger partial charge in [0.15, 0.2) is 0 Å². The van der Waals surface area contributed by atoms with Crippen molar-refractivity contribution in [3.8, 4) is 0 Å². The molecule has 0 aliphatic carbocycles. The molecule has 1 N–H and O–H groups in total. The first kappa shape index (κ1) is 17.0. The summed E-state index contributed by atoms with van der Waals surface area (Å²) in [7, 11) is 0. The molecular formula is C17H21F2N3O2. The Bertz CT molecular complexity index is 672. The van der Waals surface area contributed by atoms with Gasteiger partial charge in [-0.1, -0.05) is 18.2 Å². The summed E-state index contributed by atoms with van der Waals surface area (Å²) in [5, 5.41) is 15.6. The van der Waals surface area contributed by atoms with Crippen LogP contribution in [-0.2, 0) is 17.3 Å². The van der Waals surface area contributed by atoms with Crippen LogP contribution >= 0.6 is 0 Å². The molecule has 0 radical (unpaired) electrons. The molecular weight excluding hydrogens is 316 g/mol. The number of ketones is 1. The van der Waals surface area contributed by atoms with E-state index in [1.54, 1.807) is 6.07 Å². The van der Waals surface area contributed by atoms with Gasteiger partial charge in [0, 0.05) is 25.6 Å². The molecule has 2 unspecified atom stereocenters. The number of nitrogens with zero attached hydrogens (tertiary/aromatic N) is 3. The van der Waals surface area contributed by atoms with Crippen LogP contribution in [0.2, 0.25) is 0 Å². The molecule has 0 aromatic heterocycles. The van der Waals surface area contributed by atoms with Crippen molar-refractivity contribution in [1.29, 1.82) is 0 Å². The molecule has 0 bridgehead atoms. The highest BCUT2D eigenvalue weighted by molar-refractivity contribution is 6.06. The van der Waals surface area contributed by atoms with Crippen LogP contribution in [0.15, 0.2) is 29.4 Å². The van der Waals surface area contributed by atoms with Gasteiger partial charge in [-0.3, -0.25) is 14.7 Å². The Morgan fingerprint density at radius 3 is 2.79 bits per heavy atom. The highest BCUT2D eigenvalue weighted by Gasteiger charge is 2.46. The lowest BCUT2D eigenvalue weighted by Crippen LogP contribution is -2.43. The number of carbonyl (C=O) groups excluding carboxylic acids is 1. The molecule has 2 aliphatic rings. The molecule has 130 valence electrons. The number of hydrogen-bond donors (Lipinski definition) is 1. The van der Waals surface area contributed by atoms with E-state index in [-0.39, 0.29) is 24.1 Å². The standard InChI is InChI=1S/C17H21F2N3O2/c1-11(24)15-14(10-23)20-22-7-6-21(16(15)22)9-12-4-3-5-13(8-12)17(2,18)19/h3-5,8,15-16,23H,6-7,9-10H2,1-2H3. The fourth-order valence-corrected chi connectivity index (χ4v) is 3.50. The number of rotatable bonds is 5.